The Balaban J connectivity index is 1.63. The molecule has 5 nitrogen and oxygen atoms in total. The molecular weight excluding hydrogens is 306 g/mol. The van der Waals surface area contributed by atoms with E-state index in [9.17, 15) is 13.6 Å². The van der Waals surface area contributed by atoms with Crippen LogP contribution in [0.15, 0.2) is 51.6 Å². The highest BCUT2D eigenvalue weighted by atomic mass is 19.1. The van der Waals surface area contributed by atoms with Gasteiger partial charge in [0.15, 0.2) is 5.76 Å². The lowest BCUT2D eigenvalue weighted by Gasteiger charge is -2.00. The van der Waals surface area contributed by atoms with Gasteiger partial charge in [0, 0.05) is 12.1 Å². The first-order valence-electron chi connectivity index (χ1n) is 6.82. The Morgan fingerprint density at radius 2 is 2.09 bits per heavy atom. The highest BCUT2D eigenvalue weighted by Gasteiger charge is 2.14. The Bertz CT molecular complexity index is 813. The Kier molecular flexibility index (Phi) is 4.18. The van der Waals surface area contributed by atoms with Crippen LogP contribution in [-0.2, 0) is 17.8 Å². The standard InChI is InChI=1S/C16H12F2N2O3/c17-10-3-4-13(14(18)6-10)15-7-11(20-23-15)8-16(21)19-9-12-2-1-5-22-12/h1-7H,8-9H2,(H,19,21). The minimum absolute atomic E-state index is 0.0208. The summed E-state index contributed by atoms with van der Waals surface area (Å²) in [4.78, 5) is 11.8. The number of amides is 1. The minimum atomic E-state index is -0.755. The summed E-state index contributed by atoms with van der Waals surface area (Å²) in [7, 11) is 0. The molecule has 0 saturated carbocycles. The molecule has 7 heteroatoms. The maximum atomic E-state index is 13.7. The van der Waals surface area contributed by atoms with E-state index in [1.807, 2.05) is 0 Å². The quantitative estimate of drug-likeness (QED) is 0.785. The summed E-state index contributed by atoms with van der Waals surface area (Å²) in [5, 5.41) is 6.38. The van der Waals surface area contributed by atoms with Crippen molar-refractivity contribution >= 4 is 5.91 Å². The number of carbonyl (C=O) groups excluding carboxylic acids is 1. The maximum Gasteiger partial charge on any atom is 0.226 e. The number of furan rings is 1. The van der Waals surface area contributed by atoms with Crippen molar-refractivity contribution in [2.24, 2.45) is 0 Å². The fourth-order valence-corrected chi connectivity index (χ4v) is 2.04. The van der Waals surface area contributed by atoms with Gasteiger partial charge < -0.3 is 14.3 Å². The summed E-state index contributed by atoms with van der Waals surface area (Å²) in [6.07, 6.45) is 1.50. The fraction of sp³-hybridized carbons (Fsp3) is 0.125. The molecule has 1 N–H and O–H groups in total. The van der Waals surface area contributed by atoms with Crippen molar-refractivity contribution in [1.29, 1.82) is 0 Å². The smallest absolute Gasteiger partial charge is 0.226 e. The second-order valence-electron chi connectivity index (χ2n) is 4.84. The Hall–Kier alpha value is -2.96. The predicted octanol–water partition coefficient (Wildman–Crippen LogP) is 3.07. The van der Waals surface area contributed by atoms with Gasteiger partial charge in [-0.25, -0.2) is 8.78 Å². The molecule has 2 heterocycles. The van der Waals surface area contributed by atoms with Crippen LogP contribution in [-0.4, -0.2) is 11.1 Å². The van der Waals surface area contributed by atoms with E-state index in [1.165, 1.54) is 18.4 Å². The van der Waals surface area contributed by atoms with Crippen molar-refractivity contribution in [3.05, 3.63) is 65.7 Å². The summed E-state index contributed by atoms with van der Waals surface area (Å²) in [6, 6.07) is 8.05. The Labute approximate surface area is 129 Å². The topological polar surface area (TPSA) is 68.3 Å². The van der Waals surface area contributed by atoms with Crippen LogP contribution in [0, 0.1) is 11.6 Å². The molecule has 0 saturated heterocycles. The average Bonchev–Trinajstić information content (AvgIpc) is 3.17. The van der Waals surface area contributed by atoms with Gasteiger partial charge in [0.05, 0.1) is 30.5 Å². The molecule has 3 aromatic rings. The van der Waals surface area contributed by atoms with Crippen LogP contribution >= 0.6 is 0 Å². The van der Waals surface area contributed by atoms with Gasteiger partial charge in [-0.3, -0.25) is 4.79 Å². The summed E-state index contributed by atoms with van der Waals surface area (Å²) in [6.45, 7) is 0.267. The molecule has 118 valence electrons. The first-order chi connectivity index (χ1) is 11.1. The van der Waals surface area contributed by atoms with Crippen molar-refractivity contribution in [3.8, 4) is 11.3 Å². The van der Waals surface area contributed by atoms with Gasteiger partial charge in [-0.15, -0.1) is 0 Å². The highest BCUT2D eigenvalue weighted by Crippen LogP contribution is 2.24. The maximum absolute atomic E-state index is 13.7. The lowest BCUT2D eigenvalue weighted by molar-refractivity contribution is -0.120. The normalized spacial score (nSPS) is 10.7. The SMILES string of the molecule is O=C(Cc1cc(-c2ccc(F)cc2F)on1)NCc1ccco1. The number of carbonyl (C=O) groups is 1. The van der Waals surface area contributed by atoms with Gasteiger partial charge in [0.2, 0.25) is 5.91 Å². The Morgan fingerprint density at radius 1 is 1.22 bits per heavy atom. The number of benzene rings is 1. The van der Waals surface area contributed by atoms with Gasteiger partial charge in [0.25, 0.3) is 0 Å². The van der Waals surface area contributed by atoms with Crippen molar-refractivity contribution in [2.75, 3.05) is 0 Å². The monoisotopic (exact) mass is 318 g/mol. The zero-order valence-electron chi connectivity index (χ0n) is 11.9. The number of halogens is 2. The lowest BCUT2D eigenvalue weighted by atomic mass is 10.1. The zero-order valence-corrected chi connectivity index (χ0v) is 11.9. The van der Waals surface area contributed by atoms with E-state index in [0.29, 0.717) is 11.5 Å². The zero-order chi connectivity index (χ0) is 16.2. The van der Waals surface area contributed by atoms with Crippen LogP contribution in [0.4, 0.5) is 8.78 Å². The third kappa shape index (κ3) is 3.63. The van der Waals surface area contributed by atoms with Crippen LogP contribution in [0.5, 0.6) is 0 Å². The average molecular weight is 318 g/mol. The molecule has 0 aliphatic heterocycles. The number of nitrogens with one attached hydrogen (secondary N) is 1. The van der Waals surface area contributed by atoms with Gasteiger partial charge >= 0.3 is 0 Å². The van der Waals surface area contributed by atoms with Crippen LogP contribution in [0.25, 0.3) is 11.3 Å². The van der Waals surface area contributed by atoms with Gasteiger partial charge in [-0.2, -0.15) is 0 Å². The van der Waals surface area contributed by atoms with E-state index in [4.69, 9.17) is 8.94 Å². The second kappa shape index (κ2) is 6.43. The molecule has 2 aromatic heterocycles. The fourth-order valence-electron chi connectivity index (χ4n) is 2.04. The number of rotatable bonds is 5. The molecule has 0 radical (unpaired) electrons. The van der Waals surface area contributed by atoms with Crippen LogP contribution in [0.2, 0.25) is 0 Å². The number of hydrogen-bond acceptors (Lipinski definition) is 4. The molecule has 1 amide bonds. The summed E-state index contributed by atoms with van der Waals surface area (Å²) in [5.41, 5.74) is 0.432. The molecule has 0 aliphatic rings. The molecule has 0 bridgehead atoms. The van der Waals surface area contributed by atoms with Crippen LogP contribution in [0.1, 0.15) is 11.5 Å². The molecule has 23 heavy (non-hydrogen) atoms. The van der Waals surface area contributed by atoms with Gasteiger partial charge in [0.1, 0.15) is 17.4 Å². The van der Waals surface area contributed by atoms with Crippen molar-refractivity contribution < 1.29 is 22.5 Å². The van der Waals surface area contributed by atoms with Crippen LogP contribution < -0.4 is 5.32 Å². The molecule has 0 fully saturated rings. The second-order valence-corrected chi connectivity index (χ2v) is 4.84. The van der Waals surface area contributed by atoms with Crippen molar-refractivity contribution in [1.82, 2.24) is 10.5 Å². The van der Waals surface area contributed by atoms with Crippen molar-refractivity contribution in [3.63, 3.8) is 0 Å². The summed E-state index contributed by atoms with van der Waals surface area (Å²) < 4.78 is 36.7. The molecule has 1 aromatic carbocycles. The van der Waals surface area contributed by atoms with E-state index in [-0.39, 0.29) is 30.2 Å². The van der Waals surface area contributed by atoms with Gasteiger partial charge in [-0.1, -0.05) is 5.16 Å². The van der Waals surface area contributed by atoms with Crippen molar-refractivity contribution in [2.45, 2.75) is 13.0 Å². The van der Waals surface area contributed by atoms with E-state index in [0.717, 1.165) is 12.1 Å². The first kappa shape index (κ1) is 15.0. The molecule has 0 aliphatic carbocycles. The van der Waals surface area contributed by atoms with E-state index in [1.54, 1.807) is 12.1 Å². The first-order valence-corrected chi connectivity index (χ1v) is 6.82. The summed E-state index contributed by atoms with van der Waals surface area (Å²) >= 11 is 0. The van der Waals surface area contributed by atoms with E-state index in [2.05, 4.69) is 10.5 Å². The van der Waals surface area contributed by atoms with E-state index < -0.39 is 11.6 Å². The molecular formula is C16H12F2N2O3. The number of aromatic nitrogens is 1. The minimum Gasteiger partial charge on any atom is -0.467 e. The summed E-state index contributed by atoms with van der Waals surface area (Å²) in [5.74, 6) is -0.942. The number of nitrogens with zero attached hydrogens (tertiary/aromatic N) is 1. The third-order valence-electron chi connectivity index (χ3n) is 3.14. The molecule has 0 spiro atoms. The highest BCUT2D eigenvalue weighted by molar-refractivity contribution is 5.78. The Morgan fingerprint density at radius 3 is 2.83 bits per heavy atom. The molecule has 0 atom stereocenters. The van der Waals surface area contributed by atoms with Crippen LogP contribution in [0.3, 0.4) is 0 Å². The number of hydrogen-bond donors (Lipinski definition) is 1. The predicted molar refractivity (Wildman–Crippen MR) is 76.1 cm³/mol. The van der Waals surface area contributed by atoms with Gasteiger partial charge in [-0.05, 0) is 24.3 Å². The third-order valence-corrected chi connectivity index (χ3v) is 3.14. The largest absolute Gasteiger partial charge is 0.467 e. The molecule has 0 unspecified atom stereocenters. The molecule has 3 rings (SSSR count). The van der Waals surface area contributed by atoms with E-state index >= 15 is 0 Å². The lowest BCUT2D eigenvalue weighted by Crippen LogP contribution is -2.24.